The molecule has 3 aromatic rings. The van der Waals surface area contributed by atoms with E-state index in [1.807, 2.05) is 10.8 Å². The second kappa shape index (κ2) is 11.9. The van der Waals surface area contributed by atoms with Crippen molar-refractivity contribution in [3.8, 4) is 5.75 Å². The van der Waals surface area contributed by atoms with Crippen molar-refractivity contribution in [2.45, 2.75) is 58.0 Å². The van der Waals surface area contributed by atoms with E-state index in [-0.39, 0.29) is 24.0 Å². The number of halogens is 2. The predicted octanol–water partition coefficient (Wildman–Crippen LogP) is 4.96. The average molecular weight is 607 g/mol. The van der Waals surface area contributed by atoms with Gasteiger partial charge < -0.3 is 19.1 Å². The van der Waals surface area contributed by atoms with E-state index in [4.69, 9.17) is 16.3 Å². The number of anilines is 1. The lowest BCUT2D eigenvalue weighted by molar-refractivity contribution is -0.132. The van der Waals surface area contributed by atoms with Gasteiger partial charge in [-0.3, -0.25) is 9.59 Å². The van der Waals surface area contributed by atoms with Gasteiger partial charge in [-0.2, -0.15) is 0 Å². The molecule has 2 aromatic heterocycles. The van der Waals surface area contributed by atoms with Crippen LogP contribution in [0.3, 0.4) is 0 Å². The standard InChI is InChI=1S/C32H36ClFN6O3/c33-24-16-35-32(36-17-24)38-8-5-20(6-9-38)26-13-22(26)7-12-43-25-4-3-23(27(34)15-25)14-30(41)40-11-10-39-18-28(37-29(39)19-40)31(42)21-1-2-21/h3-4,15-18,20-22,26H,1-2,5-14,19H2/t22-,26-/m1/s1. The molecule has 43 heavy (non-hydrogen) atoms. The zero-order chi connectivity index (χ0) is 29.5. The number of aromatic nitrogens is 4. The Morgan fingerprint density at radius 1 is 1.05 bits per heavy atom. The minimum atomic E-state index is -0.428. The highest BCUT2D eigenvalue weighted by Crippen LogP contribution is 2.50. The Morgan fingerprint density at radius 3 is 2.58 bits per heavy atom. The third-order valence-electron chi connectivity index (χ3n) is 9.49. The molecule has 1 amide bonds. The normalized spacial score (nSPS) is 21.9. The maximum atomic E-state index is 14.9. The number of amides is 1. The number of carbonyl (C=O) groups is 2. The molecular formula is C32H36ClFN6O3. The predicted molar refractivity (Wildman–Crippen MR) is 158 cm³/mol. The number of nitrogens with zero attached hydrogens (tertiary/aromatic N) is 6. The molecule has 1 saturated heterocycles. The molecule has 2 saturated carbocycles. The molecule has 0 N–H and O–H groups in total. The second-order valence-electron chi connectivity index (χ2n) is 12.4. The molecule has 0 radical (unpaired) electrons. The SMILES string of the molecule is O=C(c1cn2c(n1)CN(C(=O)Cc1ccc(OCC[C@@H]3C[C@@H]3C3CCN(c4ncc(Cl)cn4)CC3)cc1F)CC2)C1CC1. The number of ketones is 1. The summed E-state index contributed by atoms with van der Waals surface area (Å²) in [6.07, 6.45) is 11.4. The molecule has 226 valence electrons. The molecule has 4 heterocycles. The van der Waals surface area contributed by atoms with Crippen molar-refractivity contribution in [1.29, 1.82) is 0 Å². The van der Waals surface area contributed by atoms with Gasteiger partial charge in [-0.1, -0.05) is 17.7 Å². The van der Waals surface area contributed by atoms with Gasteiger partial charge in [-0.15, -0.1) is 0 Å². The Bertz CT molecular complexity index is 1500. The maximum absolute atomic E-state index is 14.9. The highest BCUT2D eigenvalue weighted by Gasteiger charge is 2.43. The molecule has 0 bridgehead atoms. The molecule has 2 atom stereocenters. The van der Waals surface area contributed by atoms with E-state index in [0.717, 1.165) is 63.0 Å². The van der Waals surface area contributed by atoms with Gasteiger partial charge in [0.1, 0.15) is 23.1 Å². The van der Waals surface area contributed by atoms with Crippen LogP contribution in [0.1, 0.15) is 60.4 Å². The topological polar surface area (TPSA) is 93.5 Å². The summed E-state index contributed by atoms with van der Waals surface area (Å²) in [6.45, 7) is 3.91. The van der Waals surface area contributed by atoms with Crippen LogP contribution >= 0.6 is 11.6 Å². The molecule has 11 heteroatoms. The first-order valence-electron chi connectivity index (χ1n) is 15.4. The first-order chi connectivity index (χ1) is 20.9. The van der Waals surface area contributed by atoms with E-state index in [2.05, 4.69) is 19.9 Å². The Balaban J connectivity index is 0.842. The summed E-state index contributed by atoms with van der Waals surface area (Å²) in [5.41, 5.74) is 0.852. The summed E-state index contributed by atoms with van der Waals surface area (Å²) >= 11 is 5.91. The first-order valence-corrected chi connectivity index (χ1v) is 15.8. The lowest BCUT2D eigenvalue weighted by Crippen LogP contribution is -2.39. The van der Waals surface area contributed by atoms with Gasteiger partial charge >= 0.3 is 0 Å². The molecule has 2 aliphatic heterocycles. The Labute approximate surface area is 255 Å². The maximum Gasteiger partial charge on any atom is 0.227 e. The third-order valence-corrected chi connectivity index (χ3v) is 9.69. The van der Waals surface area contributed by atoms with Crippen molar-refractivity contribution >= 4 is 29.2 Å². The van der Waals surface area contributed by atoms with E-state index < -0.39 is 5.82 Å². The van der Waals surface area contributed by atoms with Gasteiger partial charge in [-0.05, 0) is 67.9 Å². The summed E-state index contributed by atoms with van der Waals surface area (Å²) in [4.78, 5) is 42.5. The van der Waals surface area contributed by atoms with Crippen molar-refractivity contribution in [2.75, 3.05) is 31.1 Å². The van der Waals surface area contributed by atoms with Crippen LogP contribution in [-0.2, 0) is 24.3 Å². The Morgan fingerprint density at radius 2 is 1.84 bits per heavy atom. The summed E-state index contributed by atoms with van der Waals surface area (Å²) in [7, 11) is 0. The number of piperidine rings is 1. The smallest absolute Gasteiger partial charge is 0.227 e. The van der Waals surface area contributed by atoms with Crippen LogP contribution in [0.25, 0.3) is 0 Å². The number of imidazole rings is 1. The molecule has 2 aliphatic carbocycles. The van der Waals surface area contributed by atoms with Gasteiger partial charge in [0.05, 0.1) is 37.0 Å². The summed E-state index contributed by atoms with van der Waals surface area (Å²) < 4.78 is 22.8. The fraction of sp³-hybridized carbons (Fsp3) is 0.531. The van der Waals surface area contributed by atoms with Crippen LogP contribution < -0.4 is 9.64 Å². The molecule has 9 nitrogen and oxygen atoms in total. The Kier molecular flexibility index (Phi) is 7.80. The van der Waals surface area contributed by atoms with E-state index in [1.165, 1.54) is 12.5 Å². The van der Waals surface area contributed by atoms with Gasteiger partial charge in [0, 0.05) is 44.4 Å². The van der Waals surface area contributed by atoms with Crippen LogP contribution in [0, 0.1) is 29.5 Å². The van der Waals surface area contributed by atoms with Crippen LogP contribution in [0.2, 0.25) is 5.02 Å². The number of ether oxygens (including phenoxy) is 1. The number of hydrogen-bond acceptors (Lipinski definition) is 7. The number of hydrogen-bond donors (Lipinski definition) is 0. The second-order valence-corrected chi connectivity index (χ2v) is 12.9. The molecule has 1 aromatic carbocycles. The number of benzene rings is 1. The third kappa shape index (κ3) is 6.39. The zero-order valence-electron chi connectivity index (χ0n) is 24.1. The van der Waals surface area contributed by atoms with E-state index >= 15 is 0 Å². The monoisotopic (exact) mass is 606 g/mol. The number of Topliss-reactive ketones (excluding diaryl/α,β-unsaturated/α-hetero) is 1. The van der Waals surface area contributed by atoms with Crippen molar-refractivity contribution in [3.63, 3.8) is 0 Å². The van der Waals surface area contributed by atoms with Crippen molar-refractivity contribution in [1.82, 2.24) is 24.4 Å². The quantitative estimate of drug-likeness (QED) is 0.301. The minimum absolute atomic E-state index is 0.0204. The van der Waals surface area contributed by atoms with E-state index in [9.17, 15) is 14.0 Å². The summed E-state index contributed by atoms with van der Waals surface area (Å²) in [6, 6.07) is 4.79. The molecule has 7 rings (SSSR count). The van der Waals surface area contributed by atoms with E-state index in [1.54, 1.807) is 29.4 Å². The van der Waals surface area contributed by atoms with Crippen LogP contribution in [0.4, 0.5) is 10.3 Å². The number of fused-ring (bicyclic) bond motifs is 1. The molecule has 0 unspecified atom stereocenters. The largest absolute Gasteiger partial charge is 0.493 e. The molecule has 3 fully saturated rings. The van der Waals surface area contributed by atoms with Gasteiger partial charge in [-0.25, -0.2) is 19.3 Å². The highest BCUT2D eigenvalue weighted by atomic mass is 35.5. The van der Waals surface area contributed by atoms with Crippen molar-refractivity contribution < 1.29 is 18.7 Å². The minimum Gasteiger partial charge on any atom is -0.493 e. The summed E-state index contributed by atoms with van der Waals surface area (Å²) in [5.74, 6) is 3.71. The lowest BCUT2D eigenvalue weighted by Gasteiger charge is -2.32. The van der Waals surface area contributed by atoms with Gasteiger partial charge in [0.15, 0.2) is 5.78 Å². The van der Waals surface area contributed by atoms with Crippen molar-refractivity contribution in [2.24, 2.45) is 23.7 Å². The first kappa shape index (κ1) is 28.3. The van der Waals surface area contributed by atoms with Crippen LogP contribution in [0.15, 0.2) is 36.8 Å². The van der Waals surface area contributed by atoms with Gasteiger partial charge in [0.2, 0.25) is 11.9 Å². The Hall–Kier alpha value is -3.53. The molecule has 4 aliphatic rings. The average Bonchev–Trinajstić information content (AvgIpc) is 3.95. The fourth-order valence-corrected chi connectivity index (χ4v) is 6.78. The summed E-state index contributed by atoms with van der Waals surface area (Å²) in [5, 5.41) is 0.552. The lowest BCUT2D eigenvalue weighted by atomic mass is 9.90. The number of carbonyl (C=O) groups excluding carboxylic acids is 2. The van der Waals surface area contributed by atoms with E-state index in [0.29, 0.717) is 60.0 Å². The zero-order valence-corrected chi connectivity index (χ0v) is 24.9. The fourth-order valence-electron chi connectivity index (χ4n) is 6.68. The van der Waals surface area contributed by atoms with Crippen molar-refractivity contribution in [3.05, 3.63) is 64.7 Å². The molecular weight excluding hydrogens is 571 g/mol. The van der Waals surface area contributed by atoms with Crippen LogP contribution in [0.5, 0.6) is 5.75 Å². The molecule has 0 spiro atoms. The van der Waals surface area contributed by atoms with Crippen LogP contribution in [-0.4, -0.2) is 62.4 Å². The van der Waals surface area contributed by atoms with Gasteiger partial charge in [0.25, 0.3) is 0 Å². The highest BCUT2D eigenvalue weighted by molar-refractivity contribution is 6.30. The number of rotatable bonds is 10.